The Bertz CT molecular complexity index is 4020. The number of aromatic nitrogens is 12. The molecule has 12 rings (SSSR count). The lowest BCUT2D eigenvalue weighted by Crippen LogP contribution is -2.25. The van der Waals surface area contributed by atoms with E-state index in [1.54, 1.807) is 56.6 Å². The van der Waals surface area contributed by atoms with Crippen molar-refractivity contribution in [2.45, 2.75) is 192 Å². The molecule has 21 nitrogen and oxygen atoms in total. The lowest BCUT2D eigenvalue weighted by Gasteiger charge is -2.25. The minimum atomic E-state index is -4.30. The molecule has 0 unspecified atom stereocenters. The van der Waals surface area contributed by atoms with E-state index in [-0.39, 0.29) is 54.0 Å². The molecule has 94 heavy (non-hydrogen) atoms. The SMILES string of the molecule is COC[C@H](C)Nc1ncc2c(-c3cc(C)nc(C)c3)cc(C3CCC(O)CC3)n2n1.C[C@@H](CC(F)(F)F)Nc1ncc2c(-c3cncc(C(=O)N(C)C)c3)cc(C3CCC(O)CC3)n2n1.Cc1cc(-c2cc(C3CCC(O)CC3)n3nc(N[C@@H](C)C(F)F)ncc23)ccn1. The third-order valence-corrected chi connectivity index (χ3v) is 17.7. The molecule has 1 amide bonds. The highest BCUT2D eigenvalue weighted by atomic mass is 19.4. The standard InChI is InChI=1S/C24H29F3N6O2.C23H31N5O2.C21H25F2N5O/c1-14(10-24(25,26)27)30-23-29-13-21-19(16-8-17(12-28-11-16)22(35)32(2)3)9-20(33(21)31-23)15-4-6-18(34)7-5-15;1-14-9-18(10-15(2)25-14)20-11-21(17-5-7-19(29)8-6-17)28-22(20)12-24-23(27-28)26-16(3)13-30-4;1-12-9-15(7-8-24-12)17-10-18(14-3-5-16(29)6-4-14)28-19(17)11-25-21(27-28)26-13(2)20(22)23/h8-9,11-15,18,34H,4-7,10H2,1-3H3,(H,30,31);9-12,16-17,19,29H,5-8,13H2,1-4H3,(H,26,27);7-11,13-14,16,20,29H,3-6H2,1-2H3,(H,26,27)/t14-,15?,18?;16-,17?,19?;13-,14?,16?/m000/s1. The lowest BCUT2D eigenvalue weighted by atomic mass is 9.85. The van der Waals surface area contributed by atoms with E-state index in [1.807, 2.05) is 61.1 Å². The summed E-state index contributed by atoms with van der Waals surface area (Å²) in [7, 11) is 5.02. The smallest absolute Gasteiger partial charge is 0.391 e. The highest BCUT2D eigenvalue weighted by molar-refractivity contribution is 5.95. The quantitative estimate of drug-likeness (QED) is 0.0463. The Hall–Kier alpha value is -8.33. The van der Waals surface area contributed by atoms with Crippen LogP contribution in [0.5, 0.6) is 0 Å². The lowest BCUT2D eigenvalue weighted by molar-refractivity contribution is -0.136. The Balaban J connectivity index is 0.000000155. The summed E-state index contributed by atoms with van der Waals surface area (Å²) in [6.07, 6.45) is 11.2. The van der Waals surface area contributed by atoms with Crippen LogP contribution in [-0.2, 0) is 4.74 Å². The van der Waals surface area contributed by atoms with Crippen LogP contribution in [0.1, 0.15) is 167 Å². The number of ether oxygens (including phenoxy) is 1. The molecule has 3 saturated carbocycles. The molecule has 0 radical (unpaired) electrons. The van der Waals surface area contributed by atoms with Crippen molar-refractivity contribution in [3.8, 4) is 33.4 Å². The Morgan fingerprint density at radius 2 is 1.00 bits per heavy atom. The van der Waals surface area contributed by atoms with Gasteiger partial charge in [0.25, 0.3) is 12.3 Å². The zero-order chi connectivity index (χ0) is 67.1. The Labute approximate surface area is 543 Å². The molecule has 9 heterocycles. The molecule has 0 aromatic carbocycles. The summed E-state index contributed by atoms with van der Waals surface area (Å²) in [5.41, 5.74) is 14.7. The highest BCUT2D eigenvalue weighted by Gasteiger charge is 2.32. The van der Waals surface area contributed by atoms with Gasteiger partial charge >= 0.3 is 6.18 Å². The molecule has 9 aromatic heterocycles. The fourth-order valence-electron chi connectivity index (χ4n) is 13.0. The highest BCUT2D eigenvalue weighted by Crippen LogP contribution is 2.41. The van der Waals surface area contributed by atoms with Crippen molar-refractivity contribution in [3.63, 3.8) is 0 Å². The minimum Gasteiger partial charge on any atom is -0.393 e. The van der Waals surface area contributed by atoms with E-state index in [0.717, 1.165) is 132 Å². The number of nitrogens with zero attached hydrogens (tertiary/aromatic N) is 13. The number of aryl methyl sites for hydroxylation is 3. The molecule has 0 saturated heterocycles. The third-order valence-electron chi connectivity index (χ3n) is 17.7. The van der Waals surface area contributed by atoms with Gasteiger partial charge in [0.05, 0.1) is 78.1 Å². The number of hydrogen-bond acceptors (Lipinski definition) is 17. The number of alkyl halides is 5. The topological polar surface area (TPSA) is 256 Å². The molecule has 3 aliphatic carbocycles. The van der Waals surface area contributed by atoms with Gasteiger partial charge in [-0.25, -0.2) is 37.3 Å². The molecular weight excluding hydrogens is 1220 g/mol. The number of methoxy groups -OCH3 is 1. The minimum absolute atomic E-state index is 0.100. The van der Waals surface area contributed by atoms with Crippen molar-refractivity contribution in [1.82, 2.24) is 63.6 Å². The predicted molar refractivity (Wildman–Crippen MR) is 350 cm³/mol. The number of amides is 1. The van der Waals surface area contributed by atoms with Gasteiger partial charge in [-0.3, -0.25) is 19.7 Å². The van der Waals surface area contributed by atoms with Crippen molar-refractivity contribution < 1.29 is 46.8 Å². The molecule has 0 aliphatic heterocycles. The van der Waals surface area contributed by atoms with Crippen LogP contribution in [0.25, 0.3) is 49.9 Å². The molecular formula is C68H85F5N16O5. The first kappa shape index (κ1) is 68.5. The summed E-state index contributed by atoms with van der Waals surface area (Å²) in [4.78, 5) is 40.1. The third kappa shape index (κ3) is 16.8. The molecule has 9 aromatic rings. The van der Waals surface area contributed by atoms with Crippen LogP contribution in [-0.4, -0.2) is 162 Å². The van der Waals surface area contributed by atoms with E-state index in [0.29, 0.717) is 48.0 Å². The number of anilines is 3. The molecule has 502 valence electrons. The van der Waals surface area contributed by atoms with E-state index < -0.39 is 31.1 Å². The number of carbonyl (C=O) groups is 1. The Morgan fingerprint density at radius 1 is 0.574 bits per heavy atom. The number of carbonyl (C=O) groups excluding carboxylic acids is 1. The molecule has 6 N–H and O–H groups in total. The first-order valence-electron chi connectivity index (χ1n) is 32.3. The van der Waals surface area contributed by atoms with Crippen molar-refractivity contribution >= 4 is 40.3 Å². The summed E-state index contributed by atoms with van der Waals surface area (Å²) in [6.45, 7) is 11.5. The van der Waals surface area contributed by atoms with E-state index in [4.69, 9.17) is 9.84 Å². The maximum absolute atomic E-state index is 12.9. The number of hydrogen-bond donors (Lipinski definition) is 6. The molecule has 0 spiro atoms. The van der Waals surface area contributed by atoms with Crippen LogP contribution in [0.3, 0.4) is 0 Å². The molecule has 26 heteroatoms. The van der Waals surface area contributed by atoms with Gasteiger partial charge < -0.3 is 40.9 Å². The largest absolute Gasteiger partial charge is 0.393 e. The number of pyridine rings is 3. The Morgan fingerprint density at radius 3 is 1.43 bits per heavy atom. The van der Waals surface area contributed by atoms with Gasteiger partial charge in [0.1, 0.15) is 0 Å². The number of aliphatic hydroxyl groups is 3. The second-order valence-electron chi connectivity index (χ2n) is 25.7. The summed E-state index contributed by atoms with van der Waals surface area (Å²) in [5, 5.41) is 52.5. The number of fused-ring (bicyclic) bond motifs is 3. The summed E-state index contributed by atoms with van der Waals surface area (Å²) in [5.74, 6) is 1.43. The van der Waals surface area contributed by atoms with E-state index >= 15 is 0 Å². The van der Waals surface area contributed by atoms with Gasteiger partial charge in [-0.1, -0.05) is 0 Å². The van der Waals surface area contributed by atoms with Crippen LogP contribution in [0.2, 0.25) is 0 Å². The number of nitrogens with one attached hydrogen (secondary N) is 3. The van der Waals surface area contributed by atoms with Gasteiger partial charge in [-0.15, -0.1) is 15.3 Å². The fourth-order valence-corrected chi connectivity index (χ4v) is 13.0. The van der Waals surface area contributed by atoms with Gasteiger partial charge in [0, 0.05) is 126 Å². The van der Waals surface area contributed by atoms with Crippen molar-refractivity contribution in [1.29, 1.82) is 0 Å². The average molecular weight is 1300 g/mol. The summed E-state index contributed by atoms with van der Waals surface area (Å²) in [6, 6.07) is 14.5. The van der Waals surface area contributed by atoms with E-state index in [2.05, 4.69) is 80.3 Å². The number of aliphatic hydroxyl groups excluding tert-OH is 3. The predicted octanol–water partition coefficient (Wildman–Crippen LogP) is 12.3. The molecule has 0 bridgehead atoms. The van der Waals surface area contributed by atoms with Gasteiger partial charge in [0.2, 0.25) is 17.8 Å². The van der Waals surface area contributed by atoms with Gasteiger partial charge in [0.15, 0.2) is 0 Å². The van der Waals surface area contributed by atoms with Crippen LogP contribution in [0, 0.1) is 20.8 Å². The molecule has 3 fully saturated rings. The van der Waals surface area contributed by atoms with Crippen LogP contribution in [0.15, 0.2) is 85.7 Å². The average Bonchev–Trinajstić information content (AvgIpc) is 1.64. The second-order valence-corrected chi connectivity index (χ2v) is 25.7. The Kier molecular flexibility index (Phi) is 21.8. The number of rotatable bonds is 17. The van der Waals surface area contributed by atoms with Crippen LogP contribution < -0.4 is 16.0 Å². The first-order valence-corrected chi connectivity index (χ1v) is 32.3. The van der Waals surface area contributed by atoms with E-state index in [9.17, 15) is 42.1 Å². The maximum Gasteiger partial charge on any atom is 0.391 e. The van der Waals surface area contributed by atoms with Gasteiger partial charge in [-0.05, 0) is 178 Å². The van der Waals surface area contributed by atoms with E-state index in [1.165, 1.54) is 30.6 Å². The monoisotopic (exact) mass is 1300 g/mol. The normalized spacial score (nSPS) is 20.2. The van der Waals surface area contributed by atoms with Crippen molar-refractivity contribution in [2.24, 2.45) is 0 Å². The zero-order valence-electron chi connectivity index (χ0n) is 54.6. The second kappa shape index (κ2) is 30.0. The summed E-state index contributed by atoms with van der Waals surface area (Å²) < 4.78 is 75.1. The van der Waals surface area contributed by atoms with Crippen molar-refractivity contribution in [2.75, 3.05) is 43.8 Å². The maximum atomic E-state index is 12.9. The molecule has 3 aliphatic rings. The van der Waals surface area contributed by atoms with Crippen LogP contribution in [0.4, 0.5) is 39.8 Å². The van der Waals surface area contributed by atoms with Crippen LogP contribution >= 0.6 is 0 Å². The molecule has 3 atom stereocenters. The number of halogens is 5. The fraction of sp³-hybridized carbons (Fsp3) is 0.500. The van der Waals surface area contributed by atoms with Gasteiger partial charge in [-0.2, -0.15) is 13.2 Å². The zero-order valence-corrected chi connectivity index (χ0v) is 54.6. The van der Waals surface area contributed by atoms with Crippen molar-refractivity contribution in [3.05, 3.63) is 125 Å². The first-order chi connectivity index (χ1) is 44.9. The summed E-state index contributed by atoms with van der Waals surface area (Å²) >= 11 is 0.